The van der Waals surface area contributed by atoms with Gasteiger partial charge in [-0.3, -0.25) is 24.1 Å². The molecule has 6 unspecified atom stereocenters. The SMILES string of the molecule is CCCN1C(=O)C2CC=C3C(CC4C(=O)N(c5cccc(Cl)c5)C(=O)C4(c4ccccc4)C3C3=COc4ccc(O)cc4C3)C2C1=O. The molecule has 3 heterocycles. The van der Waals surface area contributed by atoms with E-state index in [2.05, 4.69) is 6.08 Å². The number of benzene rings is 3. The van der Waals surface area contributed by atoms with E-state index < -0.39 is 35.0 Å². The second-order valence-corrected chi connectivity index (χ2v) is 13.6. The van der Waals surface area contributed by atoms with Gasteiger partial charge in [-0.25, -0.2) is 4.90 Å². The number of likely N-dealkylation sites (tertiary alicyclic amines) is 1. The molecule has 2 aliphatic carbocycles. The third kappa shape index (κ3) is 4.20. The second kappa shape index (κ2) is 10.9. The number of carbonyl (C=O) groups is 4. The molecule has 1 saturated carbocycles. The Balaban J connectivity index is 1.36. The van der Waals surface area contributed by atoms with Gasteiger partial charge >= 0.3 is 0 Å². The number of nitrogens with zero attached hydrogens (tertiary/aromatic N) is 2. The average molecular weight is 649 g/mol. The number of rotatable bonds is 5. The van der Waals surface area contributed by atoms with Crippen molar-refractivity contribution in [1.29, 1.82) is 0 Å². The molecule has 8 nitrogen and oxygen atoms in total. The van der Waals surface area contributed by atoms with Crippen molar-refractivity contribution in [3.8, 4) is 11.5 Å². The Morgan fingerprint density at radius 1 is 0.936 bits per heavy atom. The molecule has 0 radical (unpaired) electrons. The highest BCUT2D eigenvalue weighted by molar-refractivity contribution is 6.32. The van der Waals surface area contributed by atoms with Crippen molar-refractivity contribution >= 4 is 40.9 Å². The monoisotopic (exact) mass is 648 g/mol. The Morgan fingerprint density at radius 3 is 2.51 bits per heavy atom. The molecular formula is C38H33ClN2O6. The lowest BCUT2D eigenvalue weighted by atomic mass is 9.48. The summed E-state index contributed by atoms with van der Waals surface area (Å²) < 4.78 is 6.16. The van der Waals surface area contributed by atoms with Gasteiger partial charge in [-0.15, -0.1) is 0 Å². The van der Waals surface area contributed by atoms with Crippen molar-refractivity contribution in [3.05, 3.63) is 112 Å². The molecule has 6 atom stereocenters. The number of ether oxygens (including phenoxy) is 1. The Hall–Kier alpha value is -4.69. The zero-order valence-corrected chi connectivity index (χ0v) is 26.5. The summed E-state index contributed by atoms with van der Waals surface area (Å²) in [6.45, 7) is 2.29. The molecular weight excluding hydrogens is 616 g/mol. The fourth-order valence-corrected chi connectivity index (χ4v) is 9.25. The Morgan fingerprint density at radius 2 is 1.74 bits per heavy atom. The van der Waals surface area contributed by atoms with Gasteiger partial charge in [0.05, 0.1) is 35.1 Å². The number of aromatic hydroxyl groups is 1. The van der Waals surface area contributed by atoms with Crippen LogP contribution < -0.4 is 9.64 Å². The van der Waals surface area contributed by atoms with Crippen LogP contribution in [0.1, 0.15) is 37.3 Å². The lowest BCUT2D eigenvalue weighted by molar-refractivity contribution is -0.140. The van der Waals surface area contributed by atoms with Gasteiger partial charge in [-0.1, -0.05) is 66.6 Å². The Labute approximate surface area is 277 Å². The van der Waals surface area contributed by atoms with Crippen molar-refractivity contribution in [2.45, 2.75) is 38.0 Å². The molecule has 0 bridgehead atoms. The van der Waals surface area contributed by atoms with E-state index in [-0.39, 0.29) is 35.8 Å². The number of hydrogen-bond donors (Lipinski definition) is 1. The molecule has 0 spiro atoms. The first kappa shape index (κ1) is 29.7. The number of halogens is 1. The predicted molar refractivity (Wildman–Crippen MR) is 174 cm³/mol. The summed E-state index contributed by atoms with van der Waals surface area (Å²) in [5.74, 6) is -3.43. The Bertz CT molecular complexity index is 1920. The average Bonchev–Trinajstić information content (AvgIpc) is 3.45. The number of allylic oxidation sites excluding steroid dienone is 3. The van der Waals surface area contributed by atoms with Crippen LogP contribution in [0.25, 0.3) is 0 Å². The van der Waals surface area contributed by atoms with E-state index in [0.717, 1.165) is 16.7 Å². The summed E-state index contributed by atoms with van der Waals surface area (Å²) >= 11 is 6.39. The first-order valence-corrected chi connectivity index (χ1v) is 16.6. The summed E-state index contributed by atoms with van der Waals surface area (Å²) in [6, 6.07) is 21.1. The summed E-state index contributed by atoms with van der Waals surface area (Å²) in [5, 5.41) is 10.8. The zero-order valence-electron chi connectivity index (χ0n) is 25.8. The number of hydrogen-bond acceptors (Lipinski definition) is 6. The maximum atomic E-state index is 15.3. The van der Waals surface area contributed by atoms with Gasteiger partial charge in [0.1, 0.15) is 11.5 Å². The van der Waals surface area contributed by atoms with Gasteiger partial charge in [0.15, 0.2) is 0 Å². The molecule has 0 aromatic heterocycles. The van der Waals surface area contributed by atoms with Crippen LogP contribution >= 0.6 is 11.6 Å². The maximum Gasteiger partial charge on any atom is 0.246 e. The van der Waals surface area contributed by atoms with Crippen LogP contribution in [-0.4, -0.2) is 40.2 Å². The third-order valence-corrected chi connectivity index (χ3v) is 11.1. The maximum absolute atomic E-state index is 15.3. The highest BCUT2D eigenvalue weighted by Gasteiger charge is 2.70. The van der Waals surface area contributed by atoms with E-state index in [1.54, 1.807) is 48.7 Å². The molecule has 4 amide bonds. The van der Waals surface area contributed by atoms with Crippen molar-refractivity contribution in [3.63, 3.8) is 0 Å². The number of imide groups is 2. The Kier molecular flexibility index (Phi) is 6.92. The number of anilines is 1. The van der Waals surface area contributed by atoms with E-state index in [9.17, 15) is 19.5 Å². The lowest BCUT2D eigenvalue weighted by Crippen LogP contribution is -2.55. The minimum atomic E-state index is -1.37. The highest BCUT2D eigenvalue weighted by atomic mass is 35.5. The molecule has 3 aromatic carbocycles. The van der Waals surface area contributed by atoms with Gasteiger partial charge in [-0.2, -0.15) is 0 Å². The third-order valence-electron chi connectivity index (χ3n) is 10.9. The first-order chi connectivity index (χ1) is 22.7. The molecule has 238 valence electrons. The first-order valence-electron chi connectivity index (χ1n) is 16.2. The number of amides is 4. The summed E-state index contributed by atoms with van der Waals surface area (Å²) in [5.41, 5.74) is 2.12. The summed E-state index contributed by atoms with van der Waals surface area (Å²) in [6.07, 6.45) is 5.36. The van der Waals surface area contributed by atoms with Crippen LogP contribution in [0.3, 0.4) is 0 Å². The lowest BCUT2D eigenvalue weighted by Gasteiger charge is -2.51. The van der Waals surface area contributed by atoms with E-state index >= 15 is 4.79 Å². The van der Waals surface area contributed by atoms with E-state index in [1.165, 1.54) is 9.80 Å². The molecule has 3 fully saturated rings. The summed E-state index contributed by atoms with van der Waals surface area (Å²) in [4.78, 5) is 60.3. The van der Waals surface area contributed by atoms with Gasteiger partial charge in [0, 0.05) is 29.5 Å². The van der Waals surface area contributed by atoms with Crippen molar-refractivity contribution in [2.75, 3.05) is 11.4 Å². The number of phenols is 1. The normalized spacial score (nSPS) is 29.4. The fraction of sp³-hybridized carbons (Fsp3) is 0.316. The quantitative estimate of drug-likeness (QED) is 0.270. The fourth-order valence-electron chi connectivity index (χ4n) is 9.07. The van der Waals surface area contributed by atoms with Gasteiger partial charge in [-0.05, 0) is 72.7 Å². The second-order valence-electron chi connectivity index (χ2n) is 13.2. The largest absolute Gasteiger partial charge is 0.508 e. The number of phenolic OH excluding ortho intramolecular Hbond substituents is 1. The molecule has 3 aliphatic heterocycles. The van der Waals surface area contributed by atoms with Crippen molar-refractivity contribution < 1.29 is 29.0 Å². The minimum absolute atomic E-state index is 0.0934. The van der Waals surface area contributed by atoms with E-state index in [4.69, 9.17) is 16.3 Å². The molecule has 2 saturated heterocycles. The highest BCUT2D eigenvalue weighted by Crippen LogP contribution is 2.63. The van der Waals surface area contributed by atoms with Crippen LogP contribution in [0.2, 0.25) is 5.02 Å². The van der Waals surface area contributed by atoms with E-state index in [0.29, 0.717) is 47.8 Å². The van der Waals surface area contributed by atoms with Crippen LogP contribution in [0.15, 0.2) is 96.3 Å². The number of carbonyl (C=O) groups excluding carboxylic acids is 4. The van der Waals surface area contributed by atoms with Crippen molar-refractivity contribution in [2.24, 2.45) is 29.6 Å². The topological polar surface area (TPSA) is 104 Å². The van der Waals surface area contributed by atoms with Gasteiger partial charge < -0.3 is 9.84 Å². The molecule has 5 aliphatic rings. The molecule has 1 N–H and O–H groups in total. The van der Waals surface area contributed by atoms with Gasteiger partial charge in [0.25, 0.3) is 0 Å². The molecule has 9 heteroatoms. The van der Waals surface area contributed by atoms with Crippen LogP contribution in [0.4, 0.5) is 5.69 Å². The molecule has 47 heavy (non-hydrogen) atoms. The van der Waals surface area contributed by atoms with Crippen LogP contribution in [0.5, 0.6) is 11.5 Å². The minimum Gasteiger partial charge on any atom is -0.508 e. The molecule has 8 rings (SSSR count). The predicted octanol–water partition coefficient (Wildman–Crippen LogP) is 5.97. The van der Waals surface area contributed by atoms with Crippen molar-refractivity contribution in [1.82, 2.24) is 4.90 Å². The number of fused-ring (bicyclic) bond motifs is 5. The summed E-state index contributed by atoms with van der Waals surface area (Å²) in [7, 11) is 0. The zero-order chi connectivity index (χ0) is 32.6. The van der Waals surface area contributed by atoms with Gasteiger partial charge in [0.2, 0.25) is 23.6 Å². The van der Waals surface area contributed by atoms with E-state index in [1.807, 2.05) is 37.3 Å². The van der Waals surface area contributed by atoms with Crippen LogP contribution in [0, 0.1) is 29.6 Å². The molecule has 3 aromatic rings. The smallest absolute Gasteiger partial charge is 0.246 e. The van der Waals surface area contributed by atoms with Crippen LogP contribution in [-0.2, 0) is 31.0 Å². The standard InChI is InChI=1S/C38H33ClN2O6/c1-2-15-40-34(43)28-13-12-27-29(32(28)36(40)45)19-30-35(44)41(25-10-6-9-24(39)18-25)37(46)38(30,23-7-4-3-5-8-23)33(27)22-16-21-17-26(42)11-14-31(21)47-20-22/h3-12,14,17-18,20,28-30,32-33,42H,2,13,15-16,19H2,1H3.